The zero-order valence-corrected chi connectivity index (χ0v) is 10.9. The van der Waals surface area contributed by atoms with Crippen LogP contribution in [0.1, 0.15) is 17.3 Å². The monoisotopic (exact) mass is 274 g/mol. The first-order valence-corrected chi connectivity index (χ1v) is 7.42. The van der Waals surface area contributed by atoms with Crippen LogP contribution in [0.5, 0.6) is 0 Å². The number of halogens is 2. The lowest BCUT2D eigenvalue weighted by Crippen LogP contribution is -2.31. The Morgan fingerprint density at radius 2 is 1.94 bits per heavy atom. The van der Waals surface area contributed by atoms with E-state index >= 15 is 0 Å². The van der Waals surface area contributed by atoms with Gasteiger partial charge in [-0.1, -0.05) is 6.92 Å². The standard InChI is InChI=1S/C12H12F2OS2/c1-7-12(17-5-4-16-7)11(15)8-2-3-9(13)10(14)6-8/h2-3,6-7,12H,4-5H2,1H3. The van der Waals surface area contributed by atoms with Crippen molar-refractivity contribution in [2.45, 2.75) is 17.4 Å². The second-order valence-electron chi connectivity index (χ2n) is 3.86. The van der Waals surface area contributed by atoms with Gasteiger partial charge in [-0.15, -0.1) is 11.8 Å². The van der Waals surface area contributed by atoms with E-state index < -0.39 is 11.6 Å². The highest BCUT2D eigenvalue weighted by Crippen LogP contribution is 2.33. The summed E-state index contributed by atoms with van der Waals surface area (Å²) < 4.78 is 25.9. The van der Waals surface area contributed by atoms with Crippen LogP contribution in [0.25, 0.3) is 0 Å². The lowest BCUT2D eigenvalue weighted by Gasteiger charge is -2.26. The van der Waals surface area contributed by atoms with Crippen molar-refractivity contribution >= 4 is 29.3 Å². The van der Waals surface area contributed by atoms with Crippen LogP contribution in [-0.2, 0) is 0 Å². The smallest absolute Gasteiger partial charge is 0.177 e. The Labute approximate surface area is 107 Å². The Morgan fingerprint density at radius 1 is 1.24 bits per heavy atom. The molecule has 2 unspecified atom stereocenters. The van der Waals surface area contributed by atoms with Crippen LogP contribution in [0.4, 0.5) is 8.78 Å². The third-order valence-electron chi connectivity index (χ3n) is 2.65. The van der Waals surface area contributed by atoms with Gasteiger partial charge in [-0.2, -0.15) is 11.8 Å². The lowest BCUT2D eigenvalue weighted by atomic mass is 10.1. The molecule has 1 nitrogen and oxygen atoms in total. The second-order valence-corrected chi connectivity index (χ2v) is 6.60. The van der Waals surface area contributed by atoms with Crippen LogP contribution >= 0.6 is 23.5 Å². The summed E-state index contributed by atoms with van der Waals surface area (Å²) in [5.74, 6) is -0.0199. The van der Waals surface area contributed by atoms with E-state index in [9.17, 15) is 13.6 Å². The minimum atomic E-state index is -0.961. The quantitative estimate of drug-likeness (QED) is 0.770. The topological polar surface area (TPSA) is 17.1 Å². The Kier molecular flexibility index (Phi) is 4.09. The van der Waals surface area contributed by atoms with Crippen molar-refractivity contribution in [3.05, 3.63) is 35.4 Å². The zero-order valence-electron chi connectivity index (χ0n) is 9.28. The highest BCUT2D eigenvalue weighted by Gasteiger charge is 2.30. The molecule has 0 aliphatic carbocycles. The number of carbonyl (C=O) groups excluding carboxylic acids is 1. The summed E-state index contributed by atoms with van der Waals surface area (Å²) in [5.41, 5.74) is 0.260. The highest BCUT2D eigenvalue weighted by molar-refractivity contribution is 8.07. The van der Waals surface area contributed by atoms with E-state index in [1.807, 2.05) is 6.92 Å². The van der Waals surface area contributed by atoms with E-state index in [0.29, 0.717) is 0 Å². The predicted molar refractivity (Wildman–Crippen MR) is 68.9 cm³/mol. The highest BCUT2D eigenvalue weighted by atomic mass is 32.2. The number of benzene rings is 1. The molecule has 1 fully saturated rings. The van der Waals surface area contributed by atoms with Crippen molar-refractivity contribution in [1.82, 2.24) is 0 Å². The van der Waals surface area contributed by atoms with Gasteiger partial charge >= 0.3 is 0 Å². The van der Waals surface area contributed by atoms with Crippen LogP contribution in [0, 0.1) is 11.6 Å². The minimum absolute atomic E-state index is 0.103. The molecule has 1 heterocycles. The van der Waals surface area contributed by atoms with Crippen molar-refractivity contribution < 1.29 is 13.6 Å². The maximum absolute atomic E-state index is 13.1. The molecule has 1 aromatic rings. The molecule has 0 amide bonds. The molecule has 1 saturated heterocycles. The van der Waals surface area contributed by atoms with Crippen molar-refractivity contribution in [3.63, 3.8) is 0 Å². The summed E-state index contributed by atoms with van der Waals surface area (Å²) in [5, 5.41) is 0.0629. The first-order valence-electron chi connectivity index (χ1n) is 5.32. The summed E-state index contributed by atoms with van der Waals surface area (Å²) in [7, 11) is 0. The van der Waals surface area contributed by atoms with E-state index in [1.165, 1.54) is 6.07 Å². The Hall–Kier alpha value is -0.550. The molecule has 5 heteroatoms. The van der Waals surface area contributed by atoms with E-state index in [1.54, 1.807) is 23.5 Å². The van der Waals surface area contributed by atoms with E-state index in [-0.39, 0.29) is 21.8 Å². The van der Waals surface area contributed by atoms with Crippen LogP contribution in [0.2, 0.25) is 0 Å². The molecule has 2 atom stereocenters. The van der Waals surface area contributed by atoms with Crippen LogP contribution in [-0.4, -0.2) is 27.8 Å². The minimum Gasteiger partial charge on any atom is -0.293 e. The maximum atomic E-state index is 13.1. The average molecular weight is 274 g/mol. The van der Waals surface area contributed by atoms with Crippen molar-refractivity contribution in [2.75, 3.05) is 11.5 Å². The van der Waals surface area contributed by atoms with Gasteiger partial charge < -0.3 is 0 Å². The van der Waals surface area contributed by atoms with Gasteiger partial charge in [0, 0.05) is 22.3 Å². The molecule has 1 aliphatic rings. The van der Waals surface area contributed by atoms with Gasteiger partial charge in [0.15, 0.2) is 17.4 Å². The van der Waals surface area contributed by atoms with Gasteiger partial charge in [0.2, 0.25) is 0 Å². The second kappa shape index (κ2) is 5.40. The van der Waals surface area contributed by atoms with Gasteiger partial charge in [-0.3, -0.25) is 4.79 Å². The fourth-order valence-electron chi connectivity index (χ4n) is 1.73. The fraction of sp³-hybridized carbons (Fsp3) is 0.417. The third-order valence-corrected chi connectivity index (χ3v) is 5.74. The summed E-state index contributed by atoms with van der Waals surface area (Å²) in [6, 6.07) is 3.35. The maximum Gasteiger partial charge on any atom is 0.177 e. The molecule has 2 rings (SSSR count). The third kappa shape index (κ3) is 2.83. The van der Waals surface area contributed by atoms with Gasteiger partial charge in [-0.25, -0.2) is 8.78 Å². The summed E-state index contributed by atoms with van der Waals surface area (Å²) in [6.07, 6.45) is 0. The van der Waals surface area contributed by atoms with Crippen molar-refractivity contribution in [1.29, 1.82) is 0 Å². The normalized spacial score (nSPS) is 24.6. The lowest BCUT2D eigenvalue weighted by molar-refractivity contribution is 0.0989. The number of carbonyl (C=O) groups is 1. The summed E-state index contributed by atoms with van der Waals surface area (Å²) in [6.45, 7) is 2.00. The van der Waals surface area contributed by atoms with Crippen LogP contribution in [0.15, 0.2) is 18.2 Å². The molecule has 0 N–H and O–H groups in total. The predicted octanol–water partition coefficient (Wildman–Crippen LogP) is 3.38. The van der Waals surface area contributed by atoms with E-state index in [2.05, 4.69) is 0 Å². The summed E-state index contributed by atoms with van der Waals surface area (Å²) >= 11 is 3.34. The molecular weight excluding hydrogens is 262 g/mol. The van der Waals surface area contributed by atoms with Gasteiger partial charge in [-0.05, 0) is 18.2 Å². The molecule has 0 spiro atoms. The average Bonchev–Trinajstić information content (AvgIpc) is 2.32. The first kappa shape index (κ1) is 12.9. The zero-order chi connectivity index (χ0) is 12.4. The van der Waals surface area contributed by atoms with Gasteiger partial charge in [0.1, 0.15) is 0 Å². The van der Waals surface area contributed by atoms with E-state index in [4.69, 9.17) is 0 Å². The van der Waals surface area contributed by atoms with Crippen LogP contribution < -0.4 is 0 Å². The number of rotatable bonds is 2. The number of hydrogen-bond acceptors (Lipinski definition) is 3. The molecular formula is C12H12F2OS2. The largest absolute Gasteiger partial charge is 0.293 e. The molecule has 0 bridgehead atoms. The van der Waals surface area contributed by atoms with Crippen molar-refractivity contribution in [3.8, 4) is 0 Å². The molecule has 92 valence electrons. The first-order chi connectivity index (χ1) is 8.09. The van der Waals surface area contributed by atoms with Gasteiger partial charge in [0.25, 0.3) is 0 Å². The molecule has 0 radical (unpaired) electrons. The van der Waals surface area contributed by atoms with Crippen molar-refractivity contribution in [2.24, 2.45) is 0 Å². The SMILES string of the molecule is CC1SCCSC1C(=O)c1ccc(F)c(F)c1. The number of thioether (sulfide) groups is 2. The number of hydrogen-bond donors (Lipinski definition) is 0. The number of ketones is 1. The molecule has 17 heavy (non-hydrogen) atoms. The Bertz CT molecular complexity index is 437. The van der Waals surface area contributed by atoms with Crippen LogP contribution in [0.3, 0.4) is 0 Å². The fourth-order valence-corrected chi connectivity index (χ4v) is 4.46. The number of Topliss-reactive ketones (excluding diaryl/α,β-unsaturated/α-hetero) is 1. The Morgan fingerprint density at radius 3 is 2.59 bits per heavy atom. The van der Waals surface area contributed by atoms with E-state index in [0.717, 1.165) is 23.6 Å². The molecule has 0 saturated carbocycles. The summed E-state index contributed by atoms with van der Waals surface area (Å²) in [4.78, 5) is 12.2. The van der Waals surface area contributed by atoms with Gasteiger partial charge in [0.05, 0.1) is 5.25 Å². The molecule has 1 aliphatic heterocycles. The molecule has 1 aromatic carbocycles. The Balaban J connectivity index is 2.21. The molecule has 0 aromatic heterocycles.